The van der Waals surface area contributed by atoms with Crippen molar-refractivity contribution in [2.24, 2.45) is 0 Å². The van der Waals surface area contributed by atoms with Gasteiger partial charge in [0.15, 0.2) is 22.7 Å². The van der Waals surface area contributed by atoms with Gasteiger partial charge in [-0.1, -0.05) is 0 Å². The van der Waals surface area contributed by atoms with E-state index >= 15 is 0 Å². The van der Waals surface area contributed by atoms with Crippen LogP contribution in [-0.2, 0) is 23.9 Å². The Bertz CT molecular complexity index is 1600. The number of fused-ring (bicyclic) bond motifs is 2. The molecule has 0 radical (unpaired) electrons. The van der Waals surface area contributed by atoms with Crippen LogP contribution in [0.1, 0.15) is 71.3 Å². The number of ether oxygens (including phenoxy) is 3. The molecule has 11 heteroatoms. The van der Waals surface area contributed by atoms with E-state index in [1.807, 2.05) is 13.8 Å². The number of carbonyl (C=O) groups excluding carboxylic acids is 2. The third kappa shape index (κ3) is 6.66. The summed E-state index contributed by atoms with van der Waals surface area (Å²) >= 11 is 0. The lowest BCUT2D eigenvalue weighted by Crippen LogP contribution is -2.20. The van der Waals surface area contributed by atoms with Gasteiger partial charge in [-0.25, -0.2) is 0 Å². The van der Waals surface area contributed by atoms with E-state index in [9.17, 15) is 29.4 Å². The van der Waals surface area contributed by atoms with Crippen molar-refractivity contribution in [1.29, 1.82) is 0 Å². The summed E-state index contributed by atoms with van der Waals surface area (Å²) in [5.74, 6) is -3.69. The van der Waals surface area contributed by atoms with Crippen LogP contribution in [0, 0.1) is 27.7 Å². The Balaban J connectivity index is 1.56. The topological polar surface area (TPSA) is 163 Å². The normalized spacial score (nSPS) is 12.7. The van der Waals surface area contributed by atoms with Gasteiger partial charge in [0.05, 0.1) is 39.9 Å². The van der Waals surface area contributed by atoms with Crippen LogP contribution in [0.5, 0.6) is 11.5 Å². The number of hydrogen-bond acceptors (Lipinski definition) is 9. The van der Waals surface area contributed by atoms with Gasteiger partial charge in [-0.05, 0) is 74.2 Å². The molecule has 0 spiro atoms. The second-order valence-electron chi connectivity index (χ2n) is 10.6. The van der Waals surface area contributed by atoms with Gasteiger partial charge in [0.2, 0.25) is 0 Å². The number of methoxy groups -OCH3 is 2. The molecule has 4 aromatic rings. The monoisotopic (exact) mass is 594 g/mol. The summed E-state index contributed by atoms with van der Waals surface area (Å²) in [5.41, 5.74) is 3.73. The molecule has 4 rings (SSSR count). The Morgan fingerprint density at radius 3 is 1.35 bits per heavy atom. The molecule has 2 N–H and O–H groups in total. The second kappa shape index (κ2) is 12.6. The van der Waals surface area contributed by atoms with E-state index in [0.29, 0.717) is 45.3 Å². The predicted octanol–water partition coefficient (Wildman–Crippen LogP) is 6.10. The number of esters is 2. The number of hydrogen-bond donors (Lipinski definition) is 2. The van der Waals surface area contributed by atoms with Crippen LogP contribution in [0.4, 0.5) is 0 Å². The largest absolute Gasteiger partial charge is 0.493 e. The fourth-order valence-electron chi connectivity index (χ4n) is 5.28. The van der Waals surface area contributed by atoms with Crippen LogP contribution in [0.25, 0.3) is 21.9 Å². The summed E-state index contributed by atoms with van der Waals surface area (Å²) < 4.78 is 27.6. The molecule has 2 aromatic carbocycles. The number of aliphatic carboxylic acids is 2. The molecule has 2 heterocycles. The molecular formula is C32H34O11. The van der Waals surface area contributed by atoms with Gasteiger partial charge in [0.25, 0.3) is 0 Å². The van der Waals surface area contributed by atoms with Crippen LogP contribution in [0.3, 0.4) is 0 Å². The molecule has 0 aliphatic carbocycles. The third-order valence-corrected chi connectivity index (χ3v) is 7.81. The van der Waals surface area contributed by atoms with E-state index in [4.69, 9.17) is 23.0 Å². The lowest BCUT2D eigenvalue weighted by molar-refractivity contribution is -0.160. The molecule has 2 aromatic heterocycles. The average Bonchev–Trinajstić information content (AvgIpc) is 3.39. The van der Waals surface area contributed by atoms with Gasteiger partial charge in [0, 0.05) is 22.6 Å². The zero-order valence-electron chi connectivity index (χ0n) is 24.9. The Hall–Kier alpha value is -4.80. The van der Waals surface area contributed by atoms with E-state index in [2.05, 4.69) is 0 Å². The van der Waals surface area contributed by atoms with Crippen LogP contribution >= 0.6 is 0 Å². The van der Waals surface area contributed by atoms with Gasteiger partial charge in [-0.3, -0.25) is 19.2 Å². The number of benzene rings is 2. The van der Waals surface area contributed by atoms with E-state index in [0.717, 1.165) is 21.9 Å². The highest BCUT2D eigenvalue weighted by Crippen LogP contribution is 2.39. The third-order valence-electron chi connectivity index (χ3n) is 7.81. The number of carboxylic acids is 2. The molecule has 11 nitrogen and oxygen atoms in total. The molecule has 0 amide bonds. The molecule has 0 aliphatic rings. The molecule has 0 fully saturated rings. The summed E-state index contributed by atoms with van der Waals surface area (Å²) in [6.07, 6.45) is -1.61. The fraction of sp³-hybridized carbons (Fsp3) is 0.375. The molecule has 43 heavy (non-hydrogen) atoms. The first-order chi connectivity index (χ1) is 20.3. The van der Waals surface area contributed by atoms with Gasteiger partial charge >= 0.3 is 23.9 Å². The smallest absolute Gasteiger partial charge is 0.314 e. The number of aryl methyl sites for hydroxylation is 4. The summed E-state index contributed by atoms with van der Waals surface area (Å²) in [6.45, 7) is 7.32. The maximum atomic E-state index is 12.9. The number of carbonyl (C=O) groups is 4. The zero-order valence-corrected chi connectivity index (χ0v) is 24.9. The Morgan fingerprint density at radius 2 is 1.02 bits per heavy atom. The lowest BCUT2D eigenvalue weighted by atomic mass is 9.90. The summed E-state index contributed by atoms with van der Waals surface area (Å²) in [4.78, 5) is 49.3. The first-order valence-electron chi connectivity index (χ1n) is 13.6. The summed E-state index contributed by atoms with van der Waals surface area (Å²) in [6, 6.07) is 6.72. The van der Waals surface area contributed by atoms with Crippen LogP contribution in [0.2, 0.25) is 0 Å². The highest BCUT2D eigenvalue weighted by atomic mass is 16.6. The van der Waals surface area contributed by atoms with Crippen LogP contribution < -0.4 is 9.47 Å². The fourth-order valence-corrected chi connectivity index (χ4v) is 5.28. The van der Waals surface area contributed by atoms with Crippen LogP contribution in [-0.4, -0.2) is 48.3 Å². The molecule has 0 aliphatic heterocycles. The van der Waals surface area contributed by atoms with E-state index in [1.54, 1.807) is 38.1 Å². The van der Waals surface area contributed by atoms with Crippen LogP contribution in [0.15, 0.2) is 33.1 Å². The predicted molar refractivity (Wildman–Crippen MR) is 155 cm³/mol. The highest BCUT2D eigenvalue weighted by molar-refractivity contribution is 5.91. The van der Waals surface area contributed by atoms with E-state index in [1.165, 1.54) is 14.2 Å². The molecule has 2 unspecified atom stereocenters. The van der Waals surface area contributed by atoms with Crippen molar-refractivity contribution in [2.45, 2.75) is 65.2 Å². The van der Waals surface area contributed by atoms with Crippen molar-refractivity contribution in [3.8, 4) is 11.5 Å². The minimum absolute atomic E-state index is 0.385. The second-order valence-corrected chi connectivity index (χ2v) is 10.6. The van der Waals surface area contributed by atoms with Crippen molar-refractivity contribution in [3.63, 3.8) is 0 Å². The number of furan rings is 2. The van der Waals surface area contributed by atoms with Crippen molar-refractivity contribution in [3.05, 3.63) is 58.0 Å². The first-order valence-corrected chi connectivity index (χ1v) is 13.6. The molecule has 0 bridgehead atoms. The molecule has 228 valence electrons. The minimum atomic E-state index is -1.14. The van der Waals surface area contributed by atoms with Crippen molar-refractivity contribution in [1.82, 2.24) is 0 Å². The minimum Gasteiger partial charge on any atom is -0.493 e. The molecule has 0 saturated heterocycles. The Kier molecular flexibility index (Phi) is 9.13. The van der Waals surface area contributed by atoms with Crippen molar-refractivity contribution < 1.29 is 52.4 Å². The summed E-state index contributed by atoms with van der Waals surface area (Å²) in [7, 11) is 2.92. The first kappa shape index (κ1) is 31.1. The standard InChI is InChI=1S/C32H34O11/c1-15-17(3)41-31-23(15)7-19(9-25(31)39-5)21(11-27(33)34)13-29(37)43-30(38)14-22(12-28(35)36)20-8-24-16(2)18(4)42-32(24)26(10-20)40-6/h7-10,21-22H,11-14H2,1-6H3,(H,33,34)(H,35,36). The Labute approximate surface area is 247 Å². The van der Waals surface area contributed by atoms with Crippen molar-refractivity contribution >= 4 is 45.8 Å². The van der Waals surface area contributed by atoms with Gasteiger partial charge in [0.1, 0.15) is 11.5 Å². The lowest BCUT2D eigenvalue weighted by Gasteiger charge is -2.18. The SMILES string of the molecule is COc1cc(C(CC(=O)O)CC(=O)OC(=O)CC(CC(=O)O)c2cc(OC)c3oc(C)c(C)c3c2)cc2c(C)c(C)oc12. The van der Waals surface area contributed by atoms with Gasteiger partial charge in [-0.15, -0.1) is 0 Å². The zero-order chi connectivity index (χ0) is 31.6. The molecular weight excluding hydrogens is 560 g/mol. The summed E-state index contributed by atoms with van der Waals surface area (Å²) in [5, 5.41) is 20.6. The number of carboxylic acid groups (broad SMARTS) is 2. The van der Waals surface area contributed by atoms with Crippen molar-refractivity contribution in [2.75, 3.05) is 14.2 Å². The number of rotatable bonds is 12. The van der Waals surface area contributed by atoms with E-state index in [-0.39, 0.29) is 0 Å². The Morgan fingerprint density at radius 1 is 0.651 bits per heavy atom. The van der Waals surface area contributed by atoms with E-state index < -0.39 is 61.4 Å². The molecule has 0 saturated carbocycles. The molecule has 2 atom stereocenters. The quantitative estimate of drug-likeness (QED) is 0.144. The average molecular weight is 595 g/mol. The maximum Gasteiger partial charge on any atom is 0.314 e. The maximum absolute atomic E-state index is 12.9. The highest BCUT2D eigenvalue weighted by Gasteiger charge is 2.28. The van der Waals surface area contributed by atoms with Gasteiger partial charge in [-0.2, -0.15) is 0 Å². The van der Waals surface area contributed by atoms with Gasteiger partial charge < -0.3 is 33.3 Å².